The van der Waals surface area contributed by atoms with Crippen LogP contribution < -0.4 is 63.1 Å². The van der Waals surface area contributed by atoms with E-state index < -0.39 is 0 Å². The Morgan fingerprint density at radius 2 is 1.25 bits per heavy atom. The number of rotatable bonds is 12. The van der Waals surface area contributed by atoms with E-state index in [1.165, 1.54) is 93.0 Å². The van der Waals surface area contributed by atoms with Crippen LogP contribution in [-0.4, -0.2) is 55.5 Å². The number of aromatic nitrogens is 4. The molecule has 4 aromatic heterocycles. The molecule has 5 aromatic carbocycles. The number of aryl methyl sites for hydroxylation is 5. The van der Waals surface area contributed by atoms with E-state index in [0.29, 0.717) is 0 Å². The third kappa shape index (κ3) is 14.4. The summed E-state index contributed by atoms with van der Waals surface area (Å²) in [5.74, 6) is 0. The topological polar surface area (TPSA) is 61.4 Å². The number of hydrogen-bond donors (Lipinski definition) is 1. The molecule has 0 unspecified atom stereocenters. The monoisotopic (exact) mass is 1150 g/mol. The van der Waals surface area contributed by atoms with Crippen LogP contribution in [0, 0.1) is 6.92 Å². The summed E-state index contributed by atoms with van der Waals surface area (Å²) in [5, 5.41) is 3.86. The molecule has 71 heavy (non-hydrogen) atoms. The second-order valence-corrected chi connectivity index (χ2v) is 21.0. The highest BCUT2D eigenvalue weighted by molar-refractivity contribution is 8.04. The number of anilines is 1. The van der Waals surface area contributed by atoms with Crippen molar-refractivity contribution in [2.45, 2.75) is 62.9 Å². The van der Waals surface area contributed by atoms with Crippen LogP contribution in [0.25, 0.3) is 48.3 Å². The Kier molecular flexibility index (Phi) is 23.3. The molecule has 8 nitrogen and oxygen atoms in total. The SMILES string of the molecule is CCN(CC)CC.CN1/C(=C\c2cc[n+](CCCN=c3sc4ccccc4n3C)c3ccccc23)Sc2ccccc21.CSc1sc2ccccc2[n+]1C.Cc1cc[n+](CCCN)c2ccccc12.[Br-].[Br-]. The number of pyridine rings is 2. The van der Waals surface area contributed by atoms with Crippen LogP contribution in [-0.2, 0) is 27.2 Å². The summed E-state index contributed by atoms with van der Waals surface area (Å²) in [6.45, 7) is 15.8. The number of thiazole rings is 2. The number of thioether (sulfide) groups is 2. The molecule has 0 radical (unpaired) electrons. The van der Waals surface area contributed by atoms with Gasteiger partial charge in [0, 0.05) is 74.1 Å². The fourth-order valence-corrected chi connectivity index (χ4v) is 12.5. The minimum absolute atomic E-state index is 0. The Bertz CT molecular complexity index is 3210. The van der Waals surface area contributed by atoms with Crippen molar-refractivity contribution in [1.29, 1.82) is 0 Å². The van der Waals surface area contributed by atoms with Crippen molar-refractivity contribution >= 4 is 100 Å². The molecule has 0 aliphatic carbocycles. The highest BCUT2D eigenvalue weighted by Gasteiger charge is 2.22. The lowest BCUT2D eigenvalue weighted by molar-refractivity contribution is -0.676. The summed E-state index contributed by atoms with van der Waals surface area (Å²) in [7, 11) is 6.37. The molecular formula is C57H69Br2N8S4+. The predicted molar refractivity (Wildman–Crippen MR) is 299 cm³/mol. The van der Waals surface area contributed by atoms with Gasteiger partial charge in [0.2, 0.25) is 16.6 Å². The van der Waals surface area contributed by atoms with Crippen LogP contribution >= 0.6 is 46.2 Å². The Balaban J connectivity index is 0.000000214. The largest absolute Gasteiger partial charge is 1.00 e. The number of nitrogens with two attached hydrogens (primary N) is 1. The number of para-hydroxylation sites is 5. The average Bonchev–Trinajstić information content (AvgIpc) is 4.02. The van der Waals surface area contributed by atoms with Crippen LogP contribution in [0.2, 0.25) is 0 Å². The summed E-state index contributed by atoms with van der Waals surface area (Å²) < 4.78 is 13.1. The van der Waals surface area contributed by atoms with Gasteiger partial charge in [0.25, 0.3) is 4.34 Å². The summed E-state index contributed by atoms with van der Waals surface area (Å²) in [4.78, 5) is 12.0. The van der Waals surface area contributed by atoms with Crippen molar-refractivity contribution < 1.29 is 47.7 Å². The summed E-state index contributed by atoms with van der Waals surface area (Å²) in [6.07, 6.45) is 10.8. The molecule has 1 aliphatic heterocycles. The van der Waals surface area contributed by atoms with Crippen molar-refractivity contribution in [2.24, 2.45) is 24.8 Å². The minimum Gasteiger partial charge on any atom is -1.00 e. The quantitative estimate of drug-likeness (QED) is 0.0954. The van der Waals surface area contributed by atoms with Crippen molar-refractivity contribution in [1.82, 2.24) is 9.47 Å². The van der Waals surface area contributed by atoms with Gasteiger partial charge in [0.15, 0.2) is 23.7 Å². The van der Waals surface area contributed by atoms with E-state index in [1.807, 2.05) is 23.1 Å². The van der Waals surface area contributed by atoms with Gasteiger partial charge in [-0.3, -0.25) is 4.99 Å². The fraction of sp³-hybridized carbons (Fsp3) is 0.298. The second kappa shape index (κ2) is 28.8. The van der Waals surface area contributed by atoms with Gasteiger partial charge in [-0.15, -0.1) is 0 Å². The molecule has 0 fully saturated rings. The number of benzene rings is 5. The molecule has 9 aromatic rings. The van der Waals surface area contributed by atoms with Gasteiger partial charge < -0.3 is 54.1 Å². The van der Waals surface area contributed by atoms with Crippen LogP contribution in [0.5, 0.6) is 0 Å². The summed E-state index contributed by atoms with van der Waals surface area (Å²) in [6, 6.07) is 47.2. The maximum atomic E-state index is 5.54. The third-order valence-corrected chi connectivity index (χ3v) is 17.2. The molecular weight excluding hydrogens is 1080 g/mol. The van der Waals surface area contributed by atoms with Gasteiger partial charge in [-0.05, 0) is 111 Å². The van der Waals surface area contributed by atoms with Crippen LogP contribution in [0.15, 0.2) is 165 Å². The highest BCUT2D eigenvalue weighted by atomic mass is 79.9. The van der Waals surface area contributed by atoms with E-state index in [2.05, 4.69) is 235 Å². The summed E-state index contributed by atoms with van der Waals surface area (Å²) >= 11 is 7.25. The van der Waals surface area contributed by atoms with E-state index in [-0.39, 0.29) is 34.0 Å². The van der Waals surface area contributed by atoms with E-state index in [9.17, 15) is 0 Å². The first-order valence-electron chi connectivity index (χ1n) is 24.1. The van der Waals surface area contributed by atoms with Gasteiger partial charge in [-0.2, -0.15) is 13.7 Å². The van der Waals surface area contributed by atoms with Gasteiger partial charge in [0.05, 0.1) is 26.3 Å². The van der Waals surface area contributed by atoms with Gasteiger partial charge in [0.1, 0.15) is 18.3 Å². The average molecular weight is 1150 g/mol. The minimum atomic E-state index is 0. The standard InChI is InChI=1S/C29H27N4S2.C13H17N2.C9H10NS2.C6H15N.2BrH/c1-31-24-12-5-7-14-26(24)34-28(31)20-21-16-19-33(23-11-4-3-10-22(21)23)18-9-17-30-29-32(2)25-13-6-8-15-27(25)35-29;1-11-7-10-15(9-4-8-14)13-6-3-2-5-12(11)13;1-10-7-5-3-4-6-8(7)12-9(10)11-2;1-4-7(5-2)6-3;;/h3-8,10-16,19-20H,9,17-18H2,1-2H3;2-3,5-7,10H,4,8-9,14H2,1H3;3-6H,1-2H3;4-6H2,1-3H3;2*1H/q3*+1;;;/p-2. The zero-order valence-electron chi connectivity index (χ0n) is 42.4. The lowest BCUT2D eigenvalue weighted by Crippen LogP contribution is -3.00. The lowest BCUT2D eigenvalue weighted by atomic mass is 10.1. The zero-order chi connectivity index (χ0) is 48.7. The number of fused-ring (bicyclic) bond motifs is 5. The number of halogens is 2. The molecule has 5 heterocycles. The fourth-order valence-electron chi connectivity index (χ4n) is 8.47. The molecule has 0 saturated heterocycles. The summed E-state index contributed by atoms with van der Waals surface area (Å²) in [5.41, 5.74) is 14.5. The third-order valence-electron chi connectivity index (χ3n) is 12.5. The molecule has 0 amide bonds. The normalized spacial score (nSPS) is 12.5. The molecule has 0 bridgehead atoms. The molecule has 374 valence electrons. The maximum Gasteiger partial charge on any atom is 0.297 e. The Morgan fingerprint density at radius 1 is 0.676 bits per heavy atom. The van der Waals surface area contributed by atoms with Crippen molar-refractivity contribution in [3.8, 4) is 0 Å². The van der Waals surface area contributed by atoms with Crippen LogP contribution in [0.3, 0.4) is 0 Å². The number of hydrogen-bond acceptors (Lipinski definition) is 8. The van der Waals surface area contributed by atoms with E-state index in [0.717, 1.165) is 43.8 Å². The van der Waals surface area contributed by atoms with E-state index >= 15 is 0 Å². The van der Waals surface area contributed by atoms with Gasteiger partial charge in [-0.1, -0.05) is 116 Å². The second-order valence-electron chi connectivity index (χ2n) is 16.8. The Hall–Kier alpha value is -4.38. The molecule has 1 aliphatic rings. The van der Waals surface area contributed by atoms with Gasteiger partial charge in [-0.25, -0.2) is 0 Å². The first-order valence-corrected chi connectivity index (χ1v) is 27.8. The molecule has 2 N–H and O–H groups in total. The van der Waals surface area contributed by atoms with E-state index in [1.54, 1.807) is 23.1 Å². The molecule has 10 rings (SSSR count). The first kappa shape index (κ1) is 57.5. The predicted octanol–water partition coefficient (Wildman–Crippen LogP) is 5.80. The lowest BCUT2D eigenvalue weighted by Gasteiger charge is -2.13. The first-order chi connectivity index (χ1) is 33.7. The zero-order valence-corrected chi connectivity index (χ0v) is 48.8. The molecule has 0 spiro atoms. The van der Waals surface area contributed by atoms with E-state index in [4.69, 9.17) is 10.7 Å². The van der Waals surface area contributed by atoms with Gasteiger partial charge >= 0.3 is 0 Å². The maximum absolute atomic E-state index is 5.54. The van der Waals surface area contributed by atoms with Crippen molar-refractivity contribution in [3.05, 3.63) is 167 Å². The molecule has 0 saturated carbocycles. The highest BCUT2D eigenvalue weighted by Crippen LogP contribution is 2.45. The van der Waals surface area contributed by atoms with Crippen molar-refractivity contribution in [3.63, 3.8) is 0 Å². The number of nitrogens with zero attached hydrogens (tertiary/aromatic N) is 7. The smallest absolute Gasteiger partial charge is 0.297 e. The Labute approximate surface area is 459 Å². The van der Waals surface area contributed by atoms with Crippen LogP contribution in [0.4, 0.5) is 5.69 Å². The van der Waals surface area contributed by atoms with Crippen molar-refractivity contribution in [2.75, 3.05) is 50.9 Å². The van der Waals surface area contributed by atoms with Crippen LogP contribution in [0.1, 0.15) is 44.7 Å². The molecule has 0 atom stereocenters. The molecule has 14 heteroatoms. The Morgan fingerprint density at radius 3 is 1.89 bits per heavy atom.